The Labute approximate surface area is 139 Å². The van der Waals surface area contributed by atoms with Crippen LogP contribution in [0.1, 0.15) is 44.6 Å². The molecule has 3 unspecified atom stereocenters. The average molecular weight is 337 g/mol. The zero-order valence-corrected chi connectivity index (χ0v) is 15.1. The second kappa shape index (κ2) is 6.44. The lowest BCUT2D eigenvalue weighted by atomic mass is 9.85. The molecule has 4 nitrogen and oxygen atoms in total. The third-order valence-corrected chi connectivity index (χ3v) is 6.63. The van der Waals surface area contributed by atoms with Crippen LogP contribution in [-0.2, 0) is 16.4 Å². The Morgan fingerprint density at radius 3 is 2.70 bits per heavy atom. The topological polar surface area (TPSA) is 46.6 Å². The molecule has 0 amide bonds. The van der Waals surface area contributed by atoms with Crippen molar-refractivity contribution < 1.29 is 13.2 Å². The second-order valence-electron chi connectivity index (χ2n) is 7.13. The Morgan fingerprint density at radius 1 is 1.26 bits per heavy atom. The molecule has 128 valence electrons. The van der Waals surface area contributed by atoms with Crippen molar-refractivity contribution in [3.05, 3.63) is 23.8 Å². The first kappa shape index (κ1) is 16.8. The first-order valence-corrected chi connectivity index (χ1v) is 10.4. The molecule has 1 aliphatic heterocycles. The Hall–Kier alpha value is -1.07. The molecule has 0 radical (unpaired) electrons. The molecule has 1 aliphatic carbocycles. The lowest BCUT2D eigenvalue weighted by Crippen LogP contribution is -2.37. The Morgan fingerprint density at radius 2 is 2.00 bits per heavy atom. The van der Waals surface area contributed by atoms with Crippen LogP contribution in [0.3, 0.4) is 0 Å². The maximum atomic E-state index is 11.8. The molecule has 3 rings (SSSR count). The van der Waals surface area contributed by atoms with Crippen molar-refractivity contribution in [1.29, 1.82) is 0 Å². The van der Waals surface area contributed by atoms with Crippen molar-refractivity contribution in [2.24, 2.45) is 5.92 Å². The van der Waals surface area contributed by atoms with E-state index in [1.54, 1.807) is 6.07 Å². The summed E-state index contributed by atoms with van der Waals surface area (Å²) in [6.07, 6.45) is 7.89. The summed E-state index contributed by atoms with van der Waals surface area (Å²) in [5.41, 5.74) is 1.13. The first-order chi connectivity index (χ1) is 10.9. The van der Waals surface area contributed by atoms with E-state index in [1.807, 2.05) is 12.1 Å². The number of ether oxygens (including phenoxy) is 1. The van der Waals surface area contributed by atoms with E-state index in [0.717, 1.165) is 18.0 Å². The van der Waals surface area contributed by atoms with Crippen LogP contribution < -0.4 is 4.74 Å². The van der Waals surface area contributed by atoms with Gasteiger partial charge in [-0.05, 0) is 49.8 Å². The van der Waals surface area contributed by atoms with Crippen LogP contribution in [0.2, 0.25) is 0 Å². The Kier molecular flexibility index (Phi) is 4.70. The smallest absolute Gasteiger partial charge is 0.179 e. The molecule has 23 heavy (non-hydrogen) atoms. The summed E-state index contributed by atoms with van der Waals surface area (Å²) in [4.78, 5) is 2.88. The summed E-state index contributed by atoms with van der Waals surface area (Å²) in [7, 11) is -1.73. The molecule has 1 aromatic carbocycles. The molecule has 3 atom stereocenters. The van der Waals surface area contributed by atoms with E-state index in [4.69, 9.17) is 4.74 Å². The van der Waals surface area contributed by atoms with E-state index < -0.39 is 9.84 Å². The zero-order chi connectivity index (χ0) is 16.6. The summed E-state index contributed by atoms with van der Waals surface area (Å²) in [5.74, 6) is 1.30. The minimum Gasteiger partial charge on any atom is -0.495 e. The van der Waals surface area contributed by atoms with E-state index in [1.165, 1.54) is 45.5 Å². The summed E-state index contributed by atoms with van der Waals surface area (Å²) in [6.45, 7) is 3.20. The van der Waals surface area contributed by atoms with Gasteiger partial charge in [0.15, 0.2) is 9.84 Å². The number of nitrogens with zero attached hydrogens (tertiary/aromatic N) is 1. The van der Waals surface area contributed by atoms with E-state index in [9.17, 15) is 8.42 Å². The minimum atomic E-state index is -3.26. The average Bonchev–Trinajstić information content (AvgIpc) is 2.82. The molecule has 0 bridgehead atoms. The minimum absolute atomic E-state index is 0.272. The van der Waals surface area contributed by atoms with Crippen LogP contribution in [0.15, 0.2) is 23.1 Å². The van der Waals surface area contributed by atoms with E-state index >= 15 is 0 Å². The molecule has 1 saturated heterocycles. The maximum Gasteiger partial charge on any atom is 0.179 e. The predicted molar refractivity (Wildman–Crippen MR) is 91.5 cm³/mol. The molecule has 1 saturated carbocycles. The van der Waals surface area contributed by atoms with Crippen molar-refractivity contribution in [3.63, 3.8) is 0 Å². The molecule has 1 heterocycles. The van der Waals surface area contributed by atoms with E-state index in [-0.39, 0.29) is 4.90 Å². The van der Waals surface area contributed by atoms with Crippen molar-refractivity contribution in [2.75, 3.05) is 13.4 Å². The number of fused-ring (bicyclic) bond motifs is 1. The Balaban J connectivity index is 1.82. The van der Waals surface area contributed by atoms with Crippen molar-refractivity contribution in [1.82, 2.24) is 4.90 Å². The van der Waals surface area contributed by atoms with Gasteiger partial charge in [-0.15, -0.1) is 0 Å². The third kappa shape index (κ3) is 3.41. The van der Waals surface area contributed by atoms with Crippen molar-refractivity contribution >= 4 is 9.84 Å². The van der Waals surface area contributed by atoms with Gasteiger partial charge in [-0.3, -0.25) is 4.90 Å². The van der Waals surface area contributed by atoms with E-state index in [2.05, 4.69) is 11.8 Å². The third-order valence-electron chi connectivity index (χ3n) is 5.50. The molecular weight excluding hydrogens is 310 g/mol. The van der Waals surface area contributed by atoms with Gasteiger partial charge < -0.3 is 4.74 Å². The highest BCUT2D eigenvalue weighted by molar-refractivity contribution is 7.90. The molecular formula is C18H27NO3S. The summed E-state index contributed by atoms with van der Waals surface area (Å²) < 4.78 is 28.9. The molecule has 2 fully saturated rings. The SMILES string of the molecule is COc1cc(CN2C(C)CC3CCCCC32)ccc1S(C)(=O)=O. The van der Waals surface area contributed by atoms with Gasteiger partial charge in [0.25, 0.3) is 0 Å². The maximum absolute atomic E-state index is 11.8. The largest absolute Gasteiger partial charge is 0.495 e. The lowest BCUT2D eigenvalue weighted by molar-refractivity contribution is 0.149. The molecule has 1 aromatic rings. The van der Waals surface area contributed by atoms with Gasteiger partial charge in [0.05, 0.1) is 7.11 Å². The van der Waals surface area contributed by atoms with Crippen LogP contribution in [0.25, 0.3) is 0 Å². The van der Waals surface area contributed by atoms with Crippen LogP contribution in [0.5, 0.6) is 5.75 Å². The lowest BCUT2D eigenvalue weighted by Gasteiger charge is -2.33. The van der Waals surface area contributed by atoms with E-state index in [0.29, 0.717) is 17.8 Å². The molecule has 0 spiro atoms. The fraction of sp³-hybridized carbons (Fsp3) is 0.667. The van der Waals surface area contributed by atoms with Gasteiger partial charge in [-0.25, -0.2) is 8.42 Å². The van der Waals surface area contributed by atoms with Crippen molar-refractivity contribution in [2.45, 2.75) is 62.6 Å². The molecule has 5 heteroatoms. The monoisotopic (exact) mass is 337 g/mol. The standard InChI is InChI=1S/C18H27NO3S/c1-13-10-15-6-4-5-7-16(15)19(13)12-14-8-9-18(23(3,20)21)17(11-14)22-2/h8-9,11,13,15-16H,4-7,10,12H2,1-3H3. The van der Waals surface area contributed by atoms with Crippen LogP contribution in [-0.4, -0.2) is 38.8 Å². The highest BCUT2D eigenvalue weighted by Gasteiger charge is 2.39. The highest BCUT2D eigenvalue weighted by Crippen LogP contribution is 2.40. The fourth-order valence-corrected chi connectivity index (χ4v) is 5.22. The van der Waals surface area contributed by atoms with Crippen LogP contribution in [0.4, 0.5) is 0 Å². The van der Waals surface area contributed by atoms with Crippen molar-refractivity contribution in [3.8, 4) is 5.75 Å². The molecule has 0 aromatic heterocycles. The Bertz CT molecular complexity index is 671. The number of hydrogen-bond donors (Lipinski definition) is 0. The highest BCUT2D eigenvalue weighted by atomic mass is 32.2. The number of likely N-dealkylation sites (tertiary alicyclic amines) is 1. The summed E-state index contributed by atoms with van der Waals surface area (Å²) in [5, 5.41) is 0. The van der Waals surface area contributed by atoms with Crippen LogP contribution in [0, 0.1) is 5.92 Å². The number of benzene rings is 1. The fourth-order valence-electron chi connectivity index (χ4n) is 4.40. The quantitative estimate of drug-likeness (QED) is 0.846. The summed E-state index contributed by atoms with van der Waals surface area (Å²) in [6, 6.07) is 6.80. The number of sulfone groups is 1. The predicted octanol–water partition coefficient (Wildman–Crippen LogP) is 3.25. The zero-order valence-electron chi connectivity index (χ0n) is 14.3. The molecule has 0 N–H and O–H groups in total. The second-order valence-corrected chi connectivity index (χ2v) is 9.11. The molecule has 2 aliphatic rings. The van der Waals surface area contributed by atoms with Gasteiger partial charge in [0, 0.05) is 24.9 Å². The van der Waals surface area contributed by atoms with Gasteiger partial charge in [0.1, 0.15) is 10.6 Å². The van der Waals surface area contributed by atoms with Gasteiger partial charge >= 0.3 is 0 Å². The number of methoxy groups -OCH3 is 1. The van der Waals surface area contributed by atoms with Gasteiger partial charge in [-0.2, -0.15) is 0 Å². The summed E-state index contributed by atoms with van der Waals surface area (Å²) >= 11 is 0. The number of rotatable bonds is 4. The van der Waals surface area contributed by atoms with Gasteiger partial charge in [-0.1, -0.05) is 18.9 Å². The number of hydrogen-bond acceptors (Lipinski definition) is 4. The normalized spacial score (nSPS) is 28.6. The first-order valence-electron chi connectivity index (χ1n) is 8.53. The van der Waals surface area contributed by atoms with Gasteiger partial charge in [0.2, 0.25) is 0 Å². The van der Waals surface area contributed by atoms with Crippen LogP contribution >= 0.6 is 0 Å².